The summed E-state index contributed by atoms with van der Waals surface area (Å²) in [4.78, 5) is 10.6. The van der Waals surface area contributed by atoms with E-state index >= 15 is 0 Å². The largest absolute Gasteiger partial charge is 0.378 e. The Morgan fingerprint density at radius 1 is 1.29 bits per heavy atom. The van der Waals surface area contributed by atoms with Crippen LogP contribution in [0.2, 0.25) is 0 Å². The number of nitrogens with zero attached hydrogens (tertiary/aromatic N) is 5. The summed E-state index contributed by atoms with van der Waals surface area (Å²) >= 11 is 0. The highest BCUT2D eigenvalue weighted by atomic mass is 16.5. The Morgan fingerprint density at radius 2 is 2.12 bits per heavy atom. The molecule has 0 aliphatic carbocycles. The molecule has 1 aliphatic heterocycles. The lowest BCUT2D eigenvalue weighted by atomic mass is 10.4. The molecule has 0 aromatic carbocycles. The van der Waals surface area contributed by atoms with Crippen LogP contribution in [0.3, 0.4) is 0 Å². The van der Waals surface area contributed by atoms with Gasteiger partial charge in [0.15, 0.2) is 0 Å². The molecule has 1 fully saturated rings. The van der Waals surface area contributed by atoms with Crippen molar-refractivity contribution >= 4 is 11.7 Å². The van der Waals surface area contributed by atoms with Crippen LogP contribution in [-0.2, 0) is 4.74 Å². The predicted octanol–water partition coefficient (Wildman–Crippen LogP) is -0.0578. The van der Waals surface area contributed by atoms with Gasteiger partial charge in [-0.05, 0) is 6.07 Å². The lowest BCUT2D eigenvalue weighted by Crippen LogP contribution is -2.36. The maximum Gasteiger partial charge on any atom is 0.255 e. The third-order valence-corrected chi connectivity index (χ3v) is 2.64. The molecule has 0 spiro atoms. The van der Waals surface area contributed by atoms with Crippen molar-refractivity contribution in [2.75, 3.05) is 31.2 Å². The zero-order valence-electron chi connectivity index (χ0n) is 9.20. The molecular weight excluding hydrogens is 218 g/mol. The molecule has 17 heavy (non-hydrogen) atoms. The Balaban J connectivity index is 1.98. The fourth-order valence-corrected chi connectivity index (χ4v) is 1.74. The summed E-state index contributed by atoms with van der Waals surface area (Å²) in [6.45, 7) is 3.02. The summed E-state index contributed by atoms with van der Waals surface area (Å²) in [5.74, 6) is 3.69. The fourth-order valence-electron chi connectivity index (χ4n) is 1.74. The highest BCUT2D eigenvalue weighted by molar-refractivity contribution is 5.41. The normalized spacial score (nSPS) is 16.1. The second kappa shape index (κ2) is 4.03. The highest BCUT2D eigenvalue weighted by Gasteiger charge is 2.16. The van der Waals surface area contributed by atoms with E-state index in [2.05, 4.69) is 25.9 Å². The van der Waals surface area contributed by atoms with Crippen molar-refractivity contribution in [1.82, 2.24) is 19.6 Å². The molecule has 6 heteroatoms. The number of hydrogen-bond donors (Lipinski definition) is 0. The number of morpholine rings is 1. The fraction of sp³-hybridized carbons (Fsp3) is 0.364. The molecule has 86 valence electrons. The van der Waals surface area contributed by atoms with Gasteiger partial charge in [-0.3, -0.25) is 0 Å². The molecule has 0 atom stereocenters. The third-order valence-electron chi connectivity index (χ3n) is 2.64. The first-order valence-electron chi connectivity index (χ1n) is 5.39. The molecule has 6 nitrogen and oxygen atoms in total. The topological polar surface area (TPSA) is 55.5 Å². The number of aromatic nitrogens is 4. The zero-order valence-corrected chi connectivity index (χ0v) is 9.20. The number of rotatable bonds is 1. The molecule has 2 aromatic heterocycles. The van der Waals surface area contributed by atoms with Gasteiger partial charge >= 0.3 is 0 Å². The Kier molecular flexibility index (Phi) is 2.38. The van der Waals surface area contributed by atoms with Gasteiger partial charge in [0.05, 0.1) is 13.2 Å². The van der Waals surface area contributed by atoms with E-state index < -0.39 is 0 Å². The van der Waals surface area contributed by atoms with Crippen LogP contribution in [0, 0.1) is 12.3 Å². The number of anilines is 1. The molecule has 0 radical (unpaired) electrons. The van der Waals surface area contributed by atoms with Gasteiger partial charge in [-0.2, -0.15) is 4.98 Å². The van der Waals surface area contributed by atoms with Crippen LogP contribution in [0.25, 0.3) is 5.78 Å². The summed E-state index contributed by atoms with van der Waals surface area (Å²) in [5, 5.41) is 4.36. The summed E-state index contributed by atoms with van der Waals surface area (Å²) in [7, 11) is 0. The van der Waals surface area contributed by atoms with Crippen LogP contribution >= 0.6 is 0 Å². The van der Waals surface area contributed by atoms with Crippen molar-refractivity contribution in [2.45, 2.75) is 0 Å². The molecule has 1 saturated heterocycles. The molecule has 0 bridgehead atoms. The summed E-state index contributed by atoms with van der Waals surface area (Å²) in [5.41, 5.74) is 0.568. The lowest BCUT2D eigenvalue weighted by Gasteiger charge is -2.25. The van der Waals surface area contributed by atoms with Gasteiger partial charge in [0.2, 0.25) is 5.95 Å². The average Bonchev–Trinajstić information content (AvgIpc) is 2.82. The van der Waals surface area contributed by atoms with Gasteiger partial charge in [-0.25, -0.2) is 9.50 Å². The van der Waals surface area contributed by atoms with Crippen LogP contribution in [-0.4, -0.2) is 45.9 Å². The summed E-state index contributed by atoms with van der Waals surface area (Å²) in [6, 6.07) is 1.74. The van der Waals surface area contributed by atoms with Crippen LogP contribution in [0.1, 0.15) is 5.69 Å². The van der Waals surface area contributed by atoms with E-state index in [0.29, 0.717) is 30.6 Å². The van der Waals surface area contributed by atoms with Gasteiger partial charge in [-0.1, -0.05) is 5.92 Å². The summed E-state index contributed by atoms with van der Waals surface area (Å²) < 4.78 is 6.92. The predicted molar refractivity (Wildman–Crippen MR) is 61.7 cm³/mol. The van der Waals surface area contributed by atoms with Crippen LogP contribution in [0.4, 0.5) is 5.95 Å². The van der Waals surface area contributed by atoms with Crippen LogP contribution in [0.15, 0.2) is 12.3 Å². The summed E-state index contributed by atoms with van der Waals surface area (Å²) in [6.07, 6.45) is 7.07. The van der Waals surface area contributed by atoms with E-state index in [-0.39, 0.29) is 0 Å². The van der Waals surface area contributed by atoms with Gasteiger partial charge in [0, 0.05) is 19.3 Å². The first kappa shape index (κ1) is 10.1. The van der Waals surface area contributed by atoms with Gasteiger partial charge in [-0.15, -0.1) is 11.5 Å². The van der Waals surface area contributed by atoms with Gasteiger partial charge in [0.1, 0.15) is 5.69 Å². The molecule has 2 aromatic rings. The van der Waals surface area contributed by atoms with Crippen molar-refractivity contribution < 1.29 is 4.74 Å². The number of ether oxygens (including phenoxy) is 1. The highest BCUT2D eigenvalue weighted by Crippen LogP contribution is 2.11. The molecule has 3 heterocycles. The monoisotopic (exact) mass is 229 g/mol. The maximum atomic E-state index is 5.29. The quantitative estimate of drug-likeness (QED) is 0.641. The first-order valence-corrected chi connectivity index (χ1v) is 5.39. The molecule has 1 aliphatic rings. The Morgan fingerprint density at radius 3 is 2.88 bits per heavy atom. The molecule has 0 unspecified atom stereocenters. The first-order chi connectivity index (χ1) is 8.36. The van der Waals surface area contributed by atoms with E-state index in [1.165, 1.54) is 0 Å². The third kappa shape index (κ3) is 1.81. The zero-order chi connectivity index (χ0) is 11.7. The minimum Gasteiger partial charge on any atom is -0.378 e. The molecule has 3 rings (SSSR count). The Hall–Kier alpha value is -2.13. The molecular formula is C11H11N5O. The van der Waals surface area contributed by atoms with E-state index in [9.17, 15) is 0 Å². The Labute approximate surface area is 98.2 Å². The van der Waals surface area contributed by atoms with E-state index in [0.717, 1.165) is 13.1 Å². The lowest BCUT2D eigenvalue weighted by molar-refractivity contribution is 0.122. The minimum atomic E-state index is 0.530. The second-order valence-corrected chi connectivity index (χ2v) is 3.71. The standard InChI is InChI=1S/C11H11N5O/c1-2-9-3-4-16-10(12-9)13-11(14-16)15-5-7-17-8-6-15/h1,3-4H,5-8H2. The van der Waals surface area contributed by atoms with E-state index in [1.807, 2.05) is 0 Å². The van der Waals surface area contributed by atoms with Crippen molar-refractivity contribution in [3.05, 3.63) is 18.0 Å². The molecule has 0 saturated carbocycles. The van der Waals surface area contributed by atoms with Crippen LogP contribution < -0.4 is 4.90 Å². The van der Waals surface area contributed by atoms with Crippen LogP contribution in [0.5, 0.6) is 0 Å². The maximum absolute atomic E-state index is 5.29. The smallest absolute Gasteiger partial charge is 0.255 e. The van der Waals surface area contributed by atoms with E-state index in [1.54, 1.807) is 16.8 Å². The van der Waals surface area contributed by atoms with Gasteiger partial charge < -0.3 is 9.64 Å². The second-order valence-electron chi connectivity index (χ2n) is 3.71. The Bertz CT molecular complexity index is 579. The van der Waals surface area contributed by atoms with Gasteiger partial charge in [0.25, 0.3) is 5.78 Å². The molecule has 0 N–H and O–H groups in total. The van der Waals surface area contributed by atoms with Crippen molar-refractivity contribution in [3.63, 3.8) is 0 Å². The SMILES string of the molecule is C#Cc1ccn2nc(N3CCOCC3)nc2n1. The van der Waals surface area contributed by atoms with E-state index in [4.69, 9.17) is 11.2 Å². The minimum absolute atomic E-state index is 0.530. The van der Waals surface area contributed by atoms with Crippen molar-refractivity contribution in [1.29, 1.82) is 0 Å². The van der Waals surface area contributed by atoms with Crippen molar-refractivity contribution in [3.8, 4) is 12.3 Å². The average molecular weight is 229 g/mol. The molecule has 0 amide bonds. The number of terminal acetylenes is 1. The van der Waals surface area contributed by atoms with Crippen molar-refractivity contribution in [2.24, 2.45) is 0 Å². The number of fused-ring (bicyclic) bond motifs is 1. The number of hydrogen-bond acceptors (Lipinski definition) is 5.